The fourth-order valence-corrected chi connectivity index (χ4v) is 2.43. The van der Waals surface area contributed by atoms with Crippen molar-refractivity contribution in [1.29, 1.82) is 0 Å². The Bertz CT molecular complexity index is 513. The highest BCUT2D eigenvalue weighted by Gasteiger charge is 2.28. The zero-order valence-electron chi connectivity index (χ0n) is 11.1. The van der Waals surface area contributed by atoms with E-state index in [2.05, 4.69) is 0 Å². The van der Waals surface area contributed by atoms with Gasteiger partial charge in [0.2, 0.25) is 5.91 Å². The number of anilines is 1. The van der Waals surface area contributed by atoms with Crippen LogP contribution in [0.4, 0.5) is 5.69 Å². The number of nitrogen functional groups attached to an aromatic ring is 1. The van der Waals surface area contributed by atoms with Crippen LogP contribution in [0.5, 0.6) is 0 Å². The number of hydrogen-bond donors (Lipinski definition) is 2. The number of carbonyl (C=O) groups is 2. The highest BCUT2D eigenvalue weighted by Crippen LogP contribution is 2.21. The Hall–Kier alpha value is -2.04. The Labute approximate surface area is 112 Å². The minimum absolute atomic E-state index is 0.0734. The first kappa shape index (κ1) is 13.4. The highest BCUT2D eigenvalue weighted by molar-refractivity contribution is 5.96. The van der Waals surface area contributed by atoms with Crippen molar-refractivity contribution in [1.82, 2.24) is 4.90 Å². The van der Waals surface area contributed by atoms with E-state index in [1.54, 1.807) is 17.0 Å². The summed E-state index contributed by atoms with van der Waals surface area (Å²) in [5.74, 6) is -0.642. The van der Waals surface area contributed by atoms with Gasteiger partial charge >= 0.3 is 0 Å². The van der Waals surface area contributed by atoms with Crippen LogP contribution in [-0.4, -0.2) is 29.8 Å². The normalized spacial score (nSPS) is 19.2. The summed E-state index contributed by atoms with van der Waals surface area (Å²) in [6.07, 6.45) is 1.57. The van der Waals surface area contributed by atoms with Gasteiger partial charge in [-0.3, -0.25) is 9.59 Å². The third-order valence-electron chi connectivity index (χ3n) is 3.60. The maximum absolute atomic E-state index is 12.5. The number of carbonyl (C=O) groups excluding carboxylic acids is 2. The first-order valence-electron chi connectivity index (χ1n) is 6.43. The first-order chi connectivity index (χ1) is 8.99. The molecule has 2 rings (SSSR count). The number of likely N-dealkylation sites (tertiary alicyclic amines) is 1. The highest BCUT2D eigenvalue weighted by atomic mass is 16.2. The van der Waals surface area contributed by atoms with Crippen LogP contribution in [-0.2, 0) is 4.79 Å². The van der Waals surface area contributed by atoms with Crippen molar-refractivity contribution in [3.05, 3.63) is 29.3 Å². The number of benzene rings is 1. The molecule has 19 heavy (non-hydrogen) atoms. The Kier molecular flexibility index (Phi) is 3.74. The quantitative estimate of drug-likeness (QED) is 0.775. The van der Waals surface area contributed by atoms with Gasteiger partial charge in [-0.1, -0.05) is 6.07 Å². The monoisotopic (exact) mass is 261 g/mol. The summed E-state index contributed by atoms with van der Waals surface area (Å²) in [7, 11) is 0. The lowest BCUT2D eigenvalue weighted by Gasteiger charge is -2.31. The molecule has 1 heterocycles. The van der Waals surface area contributed by atoms with E-state index in [9.17, 15) is 9.59 Å². The molecule has 1 aliphatic rings. The summed E-state index contributed by atoms with van der Waals surface area (Å²) in [5, 5.41) is 0. The maximum Gasteiger partial charge on any atom is 0.254 e. The molecule has 0 spiro atoms. The molecule has 102 valence electrons. The summed E-state index contributed by atoms with van der Waals surface area (Å²) < 4.78 is 0. The Morgan fingerprint density at radius 2 is 2.11 bits per heavy atom. The summed E-state index contributed by atoms with van der Waals surface area (Å²) in [6, 6.07) is 5.29. The van der Waals surface area contributed by atoms with Crippen LogP contribution in [0.25, 0.3) is 0 Å². The number of nitrogens with zero attached hydrogens (tertiary/aromatic N) is 1. The summed E-state index contributed by atoms with van der Waals surface area (Å²) in [5.41, 5.74) is 13.1. The Balaban J connectivity index is 2.19. The molecule has 0 aromatic heterocycles. The molecular weight excluding hydrogens is 242 g/mol. The van der Waals surface area contributed by atoms with Crippen molar-refractivity contribution in [3.63, 3.8) is 0 Å². The predicted molar refractivity (Wildman–Crippen MR) is 73.4 cm³/mol. The average Bonchev–Trinajstić information content (AvgIpc) is 2.41. The molecule has 0 saturated carbocycles. The van der Waals surface area contributed by atoms with Crippen LogP contribution < -0.4 is 11.5 Å². The van der Waals surface area contributed by atoms with Gasteiger partial charge in [0, 0.05) is 24.3 Å². The lowest BCUT2D eigenvalue weighted by molar-refractivity contribution is -0.123. The molecule has 0 aliphatic carbocycles. The first-order valence-corrected chi connectivity index (χ1v) is 6.43. The van der Waals surface area contributed by atoms with Crippen molar-refractivity contribution in [2.45, 2.75) is 19.8 Å². The molecule has 1 saturated heterocycles. The number of piperidine rings is 1. The zero-order chi connectivity index (χ0) is 14.0. The van der Waals surface area contributed by atoms with Crippen LogP contribution >= 0.6 is 0 Å². The van der Waals surface area contributed by atoms with Gasteiger partial charge in [-0.2, -0.15) is 0 Å². The van der Waals surface area contributed by atoms with Crippen molar-refractivity contribution >= 4 is 17.5 Å². The average molecular weight is 261 g/mol. The zero-order valence-corrected chi connectivity index (χ0v) is 11.1. The second-order valence-electron chi connectivity index (χ2n) is 5.07. The summed E-state index contributed by atoms with van der Waals surface area (Å²) in [4.78, 5) is 25.4. The van der Waals surface area contributed by atoms with Crippen molar-refractivity contribution in [2.75, 3.05) is 18.8 Å². The van der Waals surface area contributed by atoms with Crippen molar-refractivity contribution in [3.8, 4) is 0 Å². The third kappa shape index (κ3) is 2.86. The fraction of sp³-hybridized carbons (Fsp3) is 0.429. The number of hydrogen-bond acceptors (Lipinski definition) is 3. The minimum Gasteiger partial charge on any atom is -0.399 e. The van der Waals surface area contributed by atoms with Crippen LogP contribution in [0.15, 0.2) is 18.2 Å². The molecule has 2 amide bonds. The molecule has 1 unspecified atom stereocenters. The molecule has 0 radical (unpaired) electrons. The summed E-state index contributed by atoms with van der Waals surface area (Å²) in [6.45, 7) is 2.95. The Morgan fingerprint density at radius 3 is 2.79 bits per heavy atom. The topological polar surface area (TPSA) is 89.4 Å². The second kappa shape index (κ2) is 5.30. The van der Waals surface area contributed by atoms with Crippen LogP contribution in [0.2, 0.25) is 0 Å². The molecule has 1 atom stereocenters. The van der Waals surface area contributed by atoms with Gasteiger partial charge in [-0.15, -0.1) is 0 Å². The summed E-state index contributed by atoms with van der Waals surface area (Å²) >= 11 is 0. The van der Waals surface area contributed by atoms with E-state index in [1.165, 1.54) is 0 Å². The third-order valence-corrected chi connectivity index (χ3v) is 3.60. The number of nitrogens with two attached hydrogens (primary N) is 2. The lowest BCUT2D eigenvalue weighted by atomic mass is 9.96. The SMILES string of the molecule is Cc1ccc(N)cc1C(=O)N1CCCC(C(N)=O)C1. The van der Waals surface area contributed by atoms with E-state index in [1.807, 2.05) is 13.0 Å². The van der Waals surface area contributed by atoms with Crippen LogP contribution in [0.1, 0.15) is 28.8 Å². The molecule has 0 bridgehead atoms. The van der Waals surface area contributed by atoms with Gasteiger partial charge in [-0.05, 0) is 37.5 Å². The molecule has 1 aliphatic heterocycles. The molecule has 1 aromatic carbocycles. The molecule has 1 aromatic rings. The number of primary amides is 1. The van der Waals surface area contributed by atoms with Crippen LogP contribution in [0.3, 0.4) is 0 Å². The second-order valence-corrected chi connectivity index (χ2v) is 5.07. The maximum atomic E-state index is 12.5. The molecule has 5 heteroatoms. The van der Waals surface area contributed by atoms with Crippen molar-refractivity contribution in [2.24, 2.45) is 11.7 Å². The van der Waals surface area contributed by atoms with Gasteiger partial charge in [0.05, 0.1) is 5.92 Å². The molecule has 5 nitrogen and oxygen atoms in total. The van der Waals surface area contributed by atoms with E-state index in [0.717, 1.165) is 18.4 Å². The van der Waals surface area contributed by atoms with Crippen molar-refractivity contribution < 1.29 is 9.59 Å². The number of rotatable bonds is 2. The largest absolute Gasteiger partial charge is 0.399 e. The van der Waals surface area contributed by atoms with Gasteiger partial charge in [0.25, 0.3) is 5.91 Å². The van der Waals surface area contributed by atoms with Gasteiger partial charge in [0.15, 0.2) is 0 Å². The predicted octanol–water partition coefficient (Wildman–Crippen LogP) is 0.915. The standard InChI is InChI=1S/C14H19N3O2/c1-9-4-5-11(15)7-12(9)14(19)17-6-2-3-10(8-17)13(16)18/h4-5,7,10H,2-3,6,8,15H2,1H3,(H2,16,18). The van der Waals surface area contributed by atoms with Crippen LogP contribution in [0, 0.1) is 12.8 Å². The van der Waals surface area contributed by atoms with E-state index in [-0.39, 0.29) is 17.7 Å². The number of amides is 2. The minimum atomic E-state index is -0.332. The van der Waals surface area contributed by atoms with E-state index < -0.39 is 0 Å². The van der Waals surface area contributed by atoms with Gasteiger partial charge in [-0.25, -0.2) is 0 Å². The molecule has 1 fully saturated rings. The van der Waals surface area contributed by atoms with Gasteiger partial charge < -0.3 is 16.4 Å². The fourth-order valence-electron chi connectivity index (χ4n) is 2.43. The Morgan fingerprint density at radius 1 is 1.37 bits per heavy atom. The molecular formula is C14H19N3O2. The van der Waals surface area contributed by atoms with E-state index in [4.69, 9.17) is 11.5 Å². The smallest absolute Gasteiger partial charge is 0.254 e. The number of aryl methyl sites for hydroxylation is 1. The van der Waals surface area contributed by atoms with E-state index in [0.29, 0.717) is 24.3 Å². The lowest BCUT2D eigenvalue weighted by Crippen LogP contribution is -2.44. The van der Waals surface area contributed by atoms with Gasteiger partial charge in [0.1, 0.15) is 0 Å². The van der Waals surface area contributed by atoms with E-state index >= 15 is 0 Å². The molecule has 4 N–H and O–H groups in total.